The predicted molar refractivity (Wildman–Crippen MR) is 104 cm³/mol. The summed E-state index contributed by atoms with van der Waals surface area (Å²) in [5.74, 6) is 0. The van der Waals surface area contributed by atoms with Crippen molar-refractivity contribution in [3.05, 3.63) is 87.1 Å². The van der Waals surface area contributed by atoms with Crippen LogP contribution >= 0.6 is 22.9 Å². The fraction of sp³-hybridized carbons (Fsp3) is 0.150. The molecule has 1 aliphatic heterocycles. The van der Waals surface area contributed by atoms with Gasteiger partial charge in [-0.1, -0.05) is 41.9 Å². The molecular weight excluding hydrogens is 393 g/mol. The SMILES string of the molecule is FC(F)(F)c1ccccc1C1CC(c2cccs2)=NN1c1cccc(Cl)c1. The number of hydrazone groups is 1. The molecule has 0 aliphatic carbocycles. The van der Waals surface area contributed by atoms with Crippen LogP contribution in [0.2, 0.25) is 5.02 Å². The zero-order chi connectivity index (χ0) is 19.0. The van der Waals surface area contributed by atoms with Crippen molar-refractivity contribution in [2.45, 2.75) is 18.6 Å². The number of alkyl halides is 3. The van der Waals surface area contributed by atoms with Crippen LogP contribution in [0.1, 0.15) is 28.5 Å². The van der Waals surface area contributed by atoms with Crippen LogP contribution in [-0.4, -0.2) is 5.71 Å². The molecule has 1 aliphatic rings. The van der Waals surface area contributed by atoms with Gasteiger partial charge in [-0.15, -0.1) is 11.3 Å². The number of thiophene rings is 1. The van der Waals surface area contributed by atoms with Gasteiger partial charge in [0.05, 0.1) is 27.9 Å². The van der Waals surface area contributed by atoms with Gasteiger partial charge in [0.2, 0.25) is 0 Å². The lowest BCUT2D eigenvalue weighted by Gasteiger charge is -2.26. The Morgan fingerprint density at radius 1 is 1.04 bits per heavy atom. The third kappa shape index (κ3) is 3.59. The minimum atomic E-state index is -4.43. The van der Waals surface area contributed by atoms with Gasteiger partial charge in [-0.05, 0) is 41.3 Å². The second kappa shape index (κ2) is 7.02. The van der Waals surface area contributed by atoms with Crippen molar-refractivity contribution >= 4 is 34.3 Å². The van der Waals surface area contributed by atoms with E-state index in [0.29, 0.717) is 17.1 Å². The van der Waals surface area contributed by atoms with E-state index < -0.39 is 17.8 Å². The monoisotopic (exact) mass is 406 g/mol. The molecule has 1 aromatic heterocycles. The third-order valence-electron chi connectivity index (χ3n) is 4.41. The fourth-order valence-corrected chi connectivity index (χ4v) is 4.15. The second-order valence-corrected chi connectivity index (χ2v) is 7.54. The van der Waals surface area contributed by atoms with Gasteiger partial charge in [-0.2, -0.15) is 18.3 Å². The third-order valence-corrected chi connectivity index (χ3v) is 5.57. The van der Waals surface area contributed by atoms with Crippen LogP contribution in [0, 0.1) is 0 Å². The Bertz CT molecular complexity index is 983. The normalized spacial score (nSPS) is 17.3. The van der Waals surface area contributed by atoms with Gasteiger partial charge in [0, 0.05) is 11.4 Å². The van der Waals surface area contributed by atoms with E-state index in [2.05, 4.69) is 5.10 Å². The van der Waals surface area contributed by atoms with Crippen LogP contribution in [0.3, 0.4) is 0 Å². The van der Waals surface area contributed by atoms with E-state index in [1.54, 1.807) is 35.3 Å². The number of anilines is 1. The topological polar surface area (TPSA) is 15.6 Å². The molecule has 7 heteroatoms. The quantitative estimate of drug-likeness (QED) is 0.468. The van der Waals surface area contributed by atoms with Crippen molar-refractivity contribution in [3.63, 3.8) is 0 Å². The molecule has 2 heterocycles. The van der Waals surface area contributed by atoms with Crippen LogP contribution in [0.15, 0.2) is 71.1 Å². The first-order chi connectivity index (χ1) is 12.9. The second-order valence-electron chi connectivity index (χ2n) is 6.15. The zero-order valence-electron chi connectivity index (χ0n) is 13.9. The van der Waals surface area contributed by atoms with E-state index in [-0.39, 0.29) is 5.56 Å². The van der Waals surface area contributed by atoms with Crippen molar-refractivity contribution in [1.29, 1.82) is 0 Å². The van der Waals surface area contributed by atoms with Crippen molar-refractivity contribution in [3.8, 4) is 0 Å². The summed E-state index contributed by atoms with van der Waals surface area (Å²) in [6.45, 7) is 0. The Morgan fingerprint density at radius 2 is 1.85 bits per heavy atom. The summed E-state index contributed by atoms with van der Waals surface area (Å²) in [4.78, 5) is 0.953. The van der Waals surface area contributed by atoms with Crippen LogP contribution in [0.5, 0.6) is 0 Å². The molecule has 0 bridgehead atoms. The Hall–Kier alpha value is -2.31. The van der Waals surface area contributed by atoms with Crippen LogP contribution < -0.4 is 5.01 Å². The molecule has 0 N–H and O–H groups in total. The Balaban J connectivity index is 1.82. The Labute approximate surface area is 163 Å². The summed E-state index contributed by atoms with van der Waals surface area (Å²) in [6.07, 6.45) is -4.04. The molecule has 0 fully saturated rings. The lowest BCUT2D eigenvalue weighted by atomic mass is 9.95. The minimum Gasteiger partial charge on any atom is -0.257 e. The number of benzene rings is 2. The number of rotatable bonds is 3. The molecule has 1 atom stereocenters. The van der Waals surface area contributed by atoms with Crippen molar-refractivity contribution in [1.82, 2.24) is 0 Å². The molecule has 0 spiro atoms. The average Bonchev–Trinajstić information content (AvgIpc) is 3.30. The molecule has 2 nitrogen and oxygen atoms in total. The smallest absolute Gasteiger partial charge is 0.257 e. The first-order valence-electron chi connectivity index (χ1n) is 8.26. The standard InChI is InChI=1S/C20H14ClF3N2S/c21-13-5-3-6-14(11-13)26-18(12-17(25-26)19-9-4-10-27-19)15-7-1-2-8-16(15)20(22,23)24/h1-11,18H,12H2. The first kappa shape index (κ1) is 18.1. The maximum atomic E-state index is 13.6. The number of halogens is 4. The van der Waals surface area contributed by atoms with Crippen molar-refractivity contribution in [2.24, 2.45) is 5.10 Å². The maximum Gasteiger partial charge on any atom is 0.416 e. The van der Waals surface area contributed by atoms with Crippen LogP contribution in [0.25, 0.3) is 0 Å². The number of hydrogen-bond acceptors (Lipinski definition) is 3. The summed E-state index contributed by atoms with van der Waals surface area (Å²) in [6, 6.07) is 16.0. The predicted octanol–water partition coefficient (Wildman–Crippen LogP) is 6.78. The minimum absolute atomic E-state index is 0.209. The lowest BCUT2D eigenvalue weighted by molar-refractivity contribution is -0.138. The fourth-order valence-electron chi connectivity index (χ4n) is 3.25. The van der Waals surface area contributed by atoms with Gasteiger partial charge in [0.1, 0.15) is 0 Å². The molecule has 0 saturated carbocycles. The first-order valence-corrected chi connectivity index (χ1v) is 9.51. The van der Waals surface area contributed by atoms with E-state index in [9.17, 15) is 13.2 Å². The van der Waals surface area contributed by atoms with Gasteiger partial charge in [-0.25, -0.2) is 0 Å². The number of hydrogen-bond donors (Lipinski definition) is 0. The van der Waals surface area contributed by atoms with Gasteiger partial charge < -0.3 is 0 Å². The highest BCUT2D eigenvalue weighted by Gasteiger charge is 2.39. The average molecular weight is 407 g/mol. The highest BCUT2D eigenvalue weighted by atomic mass is 35.5. The molecule has 3 aromatic rings. The van der Waals surface area contributed by atoms with Gasteiger partial charge in [-0.3, -0.25) is 5.01 Å². The molecule has 2 aromatic carbocycles. The molecular formula is C20H14ClF3N2S. The zero-order valence-corrected chi connectivity index (χ0v) is 15.5. The lowest BCUT2D eigenvalue weighted by Crippen LogP contribution is -2.22. The van der Waals surface area contributed by atoms with Crippen LogP contribution in [0.4, 0.5) is 18.9 Å². The molecule has 1 unspecified atom stereocenters. The van der Waals surface area contributed by atoms with Gasteiger partial charge in [0.15, 0.2) is 0 Å². The summed E-state index contributed by atoms with van der Waals surface area (Å²) in [5.41, 5.74) is 1.01. The van der Waals surface area contributed by atoms with Crippen molar-refractivity contribution < 1.29 is 13.2 Å². The Morgan fingerprint density at radius 3 is 2.56 bits per heavy atom. The summed E-state index contributed by atoms with van der Waals surface area (Å²) in [5, 5.41) is 8.74. The van der Waals surface area contributed by atoms with E-state index >= 15 is 0 Å². The van der Waals surface area contributed by atoms with Crippen LogP contribution in [-0.2, 0) is 6.18 Å². The van der Waals surface area contributed by atoms with Gasteiger partial charge >= 0.3 is 6.18 Å². The Kier molecular flexibility index (Phi) is 4.70. The summed E-state index contributed by atoms with van der Waals surface area (Å²) >= 11 is 7.63. The molecule has 0 radical (unpaired) electrons. The largest absolute Gasteiger partial charge is 0.416 e. The maximum absolute atomic E-state index is 13.6. The van der Waals surface area contributed by atoms with E-state index in [1.807, 2.05) is 17.5 Å². The highest BCUT2D eigenvalue weighted by Crippen LogP contribution is 2.43. The van der Waals surface area contributed by atoms with Gasteiger partial charge in [0.25, 0.3) is 0 Å². The summed E-state index contributed by atoms with van der Waals surface area (Å²) < 4.78 is 40.8. The van der Waals surface area contributed by atoms with E-state index in [0.717, 1.165) is 16.7 Å². The number of nitrogens with zero attached hydrogens (tertiary/aromatic N) is 2. The van der Waals surface area contributed by atoms with E-state index in [1.165, 1.54) is 23.5 Å². The van der Waals surface area contributed by atoms with Crippen molar-refractivity contribution in [2.75, 3.05) is 5.01 Å². The molecule has 0 saturated heterocycles. The molecule has 27 heavy (non-hydrogen) atoms. The molecule has 4 rings (SSSR count). The van der Waals surface area contributed by atoms with E-state index in [4.69, 9.17) is 11.6 Å². The highest BCUT2D eigenvalue weighted by molar-refractivity contribution is 7.12. The molecule has 138 valence electrons. The molecule has 0 amide bonds. The summed E-state index contributed by atoms with van der Waals surface area (Å²) in [7, 11) is 0.